The molecule has 166 valence electrons. The van der Waals surface area contributed by atoms with E-state index in [9.17, 15) is 18.4 Å². The monoisotopic (exact) mass is 453 g/mol. The van der Waals surface area contributed by atoms with E-state index in [4.69, 9.17) is 21.4 Å². The van der Waals surface area contributed by atoms with Crippen molar-refractivity contribution in [1.82, 2.24) is 4.90 Å². The van der Waals surface area contributed by atoms with Crippen molar-refractivity contribution in [3.05, 3.63) is 52.6 Å². The second kappa shape index (κ2) is 9.49. The van der Waals surface area contributed by atoms with E-state index in [1.165, 1.54) is 23.1 Å². The molecule has 0 unspecified atom stereocenters. The number of aliphatic hydroxyl groups is 1. The Hall–Kier alpha value is -2.91. The number of hydrogen-bond acceptors (Lipinski definition) is 4. The minimum Gasteiger partial charge on any atom is -0.490 e. The Kier molecular flexibility index (Phi) is 6.97. The van der Waals surface area contributed by atoms with Gasteiger partial charge >= 0.3 is 6.03 Å². The zero-order valence-electron chi connectivity index (χ0n) is 16.9. The van der Waals surface area contributed by atoms with Crippen LogP contribution in [0.15, 0.2) is 30.3 Å². The van der Waals surface area contributed by atoms with Crippen LogP contribution in [0.2, 0.25) is 5.02 Å². The summed E-state index contributed by atoms with van der Waals surface area (Å²) in [5.74, 6) is -2.42. The van der Waals surface area contributed by atoms with Gasteiger partial charge in [0.1, 0.15) is 17.4 Å². The molecular weight excluding hydrogens is 432 g/mol. The maximum Gasteiger partial charge on any atom is 0.321 e. The van der Waals surface area contributed by atoms with Crippen LogP contribution in [0.1, 0.15) is 24.2 Å². The first-order valence-electron chi connectivity index (χ1n) is 9.62. The molecule has 3 N–H and O–H groups in total. The van der Waals surface area contributed by atoms with E-state index < -0.39 is 23.6 Å². The highest BCUT2D eigenvalue weighted by Crippen LogP contribution is 2.31. The molecule has 0 atom stereocenters. The van der Waals surface area contributed by atoms with Crippen LogP contribution in [0, 0.1) is 17.6 Å². The van der Waals surface area contributed by atoms with Crippen molar-refractivity contribution < 1.29 is 28.2 Å². The fourth-order valence-electron chi connectivity index (χ4n) is 3.02. The lowest BCUT2D eigenvalue weighted by atomic mass is 10.0. The summed E-state index contributed by atoms with van der Waals surface area (Å²) < 4.78 is 34.3. The molecular formula is C21H22ClF2N3O4. The number of ether oxygens (including phenoxy) is 1. The number of likely N-dealkylation sites (tertiary alicyclic amines) is 1. The molecule has 0 saturated carbocycles. The first-order chi connectivity index (χ1) is 14.7. The van der Waals surface area contributed by atoms with E-state index >= 15 is 0 Å². The number of para-hydroxylation sites is 1. The number of urea groups is 1. The molecule has 10 heteroatoms. The molecule has 2 aromatic carbocycles. The lowest BCUT2D eigenvalue weighted by molar-refractivity contribution is 0.0838. The number of aliphatic hydroxyl groups excluding tert-OH is 1. The van der Waals surface area contributed by atoms with Gasteiger partial charge in [-0.15, -0.1) is 0 Å². The molecule has 1 saturated heterocycles. The standard InChI is InChI=1S/C21H22ClF2N3O4/c1-11(2)31-18-7-17(25-21(30)27-8-12(9-27)10-28)16(24)6-13(18)20(29)26-19-14(22)4-3-5-15(19)23/h3-7,11-12,28H,8-10H2,1-2H3,(H,25,30)(H,26,29). The first kappa shape index (κ1) is 22.8. The van der Waals surface area contributed by atoms with E-state index in [2.05, 4.69) is 10.6 Å². The minimum atomic E-state index is -0.867. The third kappa shape index (κ3) is 5.23. The van der Waals surface area contributed by atoms with Crippen LogP contribution >= 0.6 is 11.6 Å². The number of nitrogens with zero attached hydrogens (tertiary/aromatic N) is 1. The number of anilines is 2. The smallest absolute Gasteiger partial charge is 0.321 e. The summed E-state index contributed by atoms with van der Waals surface area (Å²) in [4.78, 5) is 26.4. The van der Waals surface area contributed by atoms with Gasteiger partial charge < -0.3 is 25.4 Å². The van der Waals surface area contributed by atoms with Crippen molar-refractivity contribution in [2.75, 3.05) is 30.3 Å². The Morgan fingerprint density at radius 1 is 1.23 bits per heavy atom. The van der Waals surface area contributed by atoms with E-state index in [-0.39, 0.29) is 46.3 Å². The Balaban J connectivity index is 1.85. The van der Waals surface area contributed by atoms with E-state index in [0.717, 1.165) is 12.1 Å². The van der Waals surface area contributed by atoms with Crippen LogP contribution in [0.25, 0.3) is 0 Å². The highest BCUT2D eigenvalue weighted by molar-refractivity contribution is 6.34. The molecule has 1 aliphatic heterocycles. The highest BCUT2D eigenvalue weighted by Gasteiger charge is 2.30. The summed E-state index contributed by atoms with van der Waals surface area (Å²) in [7, 11) is 0. The summed E-state index contributed by atoms with van der Waals surface area (Å²) in [6.07, 6.45) is -0.363. The molecule has 31 heavy (non-hydrogen) atoms. The van der Waals surface area contributed by atoms with Gasteiger partial charge in [0.2, 0.25) is 0 Å². The Bertz CT molecular complexity index is 977. The minimum absolute atomic E-state index is 0.00621. The van der Waals surface area contributed by atoms with Gasteiger partial charge in [0, 0.05) is 31.7 Å². The van der Waals surface area contributed by atoms with Crippen LogP contribution in [-0.4, -0.2) is 47.7 Å². The zero-order chi connectivity index (χ0) is 22.7. The summed E-state index contributed by atoms with van der Waals surface area (Å²) >= 11 is 5.94. The van der Waals surface area contributed by atoms with E-state index in [1.54, 1.807) is 13.8 Å². The Labute approximate surface area is 182 Å². The molecule has 3 amide bonds. The molecule has 7 nitrogen and oxygen atoms in total. The lowest BCUT2D eigenvalue weighted by Crippen LogP contribution is -2.52. The van der Waals surface area contributed by atoms with Gasteiger partial charge in [-0.3, -0.25) is 4.79 Å². The normalized spacial score (nSPS) is 13.7. The predicted molar refractivity (Wildman–Crippen MR) is 113 cm³/mol. The molecule has 2 aromatic rings. The molecule has 1 aliphatic rings. The fourth-order valence-corrected chi connectivity index (χ4v) is 3.23. The SMILES string of the molecule is CC(C)Oc1cc(NC(=O)N2CC(CO)C2)c(F)cc1C(=O)Nc1c(F)cccc1Cl. The topological polar surface area (TPSA) is 90.9 Å². The number of amides is 3. The maximum atomic E-state index is 14.7. The second-order valence-corrected chi connectivity index (χ2v) is 7.84. The molecule has 0 radical (unpaired) electrons. The number of benzene rings is 2. The fraction of sp³-hybridized carbons (Fsp3) is 0.333. The summed E-state index contributed by atoms with van der Waals surface area (Å²) in [5.41, 5.74) is -0.597. The number of hydrogen-bond donors (Lipinski definition) is 3. The van der Waals surface area contributed by atoms with Crippen molar-refractivity contribution in [3.63, 3.8) is 0 Å². The van der Waals surface area contributed by atoms with Gasteiger partial charge in [-0.25, -0.2) is 13.6 Å². The third-order valence-electron chi connectivity index (χ3n) is 4.62. The predicted octanol–water partition coefficient (Wildman–Crippen LogP) is 4.11. The maximum absolute atomic E-state index is 14.7. The molecule has 0 bridgehead atoms. The van der Waals surface area contributed by atoms with Gasteiger partial charge in [-0.1, -0.05) is 17.7 Å². The highest BCUT2D eigenvalue weighted by atomic mass is 35.5. The number of halogens is 3. The number of carbonyl (C=O) groups excluding carboxylic acids is 2. The number of rotatable bonds is 6. The van der Waals surface area contributed by atoms with Gasteiger partial charge in [0.25, 0.3) is 5.91 Å². The average molecular weight is 454 g/mol. The van der Waals surface area contributed by atoms with Crippen LogP contribution in [0.5, 0.6) is 5.75 Å². The van der Waals surface area contributed by atoms with Gasteiger partial charge in [0.05, 0.1) is 28.1 Å². The van der Waals surface area contributed by atoms with Crippen molar-refractivity contribution >= 4 is 34.9 Å². The van der Waals surface area contributed by atoms with Gasteiger partial charge in [-0.2, -0.15) is 0 Å². The zero-order valence-corrected chi connectivity index (χ0v) is 17.7. The number of nitrogens with one attached hydrogen (secondary N) is 2. The third-order valence-corrected chi connectivity index (χ3v) is 4.94. The molecule has 0 aromatic heterocycles. The molecule has 0 aliphatic carbocycles. The quantitative estimate of drug-likeness (QED) is 0.613. The average Bonchev–Trinajstić information content (AvgIpc) is 2.65. The van der Waals surface area contributed by atoms with E-state index in [0.29, 0.717) is 13.1 Å². The van der Waals surface area contributed by atoms with Crippen molar-refractivity contribution in [1.29, 1.82) is 0 Å². The summed E-state index contributed by atoms with van der Waals surface area (Å²) in [6, 6.07) is 5.50. The molecule has 1 heterocycles. The summed E-state index contributed by atoms with van der Waals surface area (Å²) in [5, 5.41) is 13.8. The molecule has 1 fully saturated rings. The Morgan fingerprint density at radius 2 is 1.94 bits per heavy atom. The van der Waals surface area contributed by atoms with Crippen LogP contribution < -0.4 is 15.4 Å². The van der Waals surface area contributed by atoms with Gasteiger partial charge in [0.15, 0.2) is 0 Å². The molecule has 3 rings (SSSR count). The first-order valence-corrected chi connectivity index (χ1v) is 9.99. The van der Waals surface area contributed by atoms with Crippen molar-refractivity contribution in [2.24, 2.45) is 5.92 Å². The Morgan fingerprint density at radius 3 is 2.55 bits per heavy atom. The largest absolute Gasteiger partial charge is 0.490 e. The van der Waals surface area contributed by atoms with E-state index in [1.807, 2.05) is 0 Å². The number of carbonyl (C=O) groups is 2. The van der Waals surface area contributed by atoms with Crippen molar-refractivity contribution in [2.45, 2.75) is 20.0 Å². The summed E-state index contributed by atoms with van der Waals surface area (Å²) in [6.45, 7) is 4.13. The second-order valence-electron chi connectivity index (χ2n) is 7.43. The van der Waals surface area contributed by atoms with Crippen molar-refractivity contribution in [3.8, 4) is 5.75 Å². The van der Waals surface area contributed by atoms with Crippen LogP contribution in [0.3, 0.4) is 0 Å². The lowest BCUT2D eigenvalue weighted by Gasteiger charge is -2.38. The molecule has 0 spiro atoms. The van der Waals surface area contributed by atoms with Gasteiger partial charge in [-0.05, 0) is 32.0 Å². The van der Waals surface area contributed by atoms with Crippen LogP contribution in [0.4, 0.5) is 25.0 Å². The van der Waals surface area contributed by atoms with Crippen LogP contribution in [-0.2, 0) is 0 Å².